The first kappa shape index (κ1) is 14.5. The summed E-state index contributed by atoms with van der Waals surface area (Å²) in [6.45, 7) is 0.775. The molecule has 0 aliphatic carbocycles. The van der Waals surface area contributed by atoms with Crippen molar-refractivity contribution >= 4 is 31.9 Å². The van der Waals surface area contributed by atoms with Crippen molar-refractivity contribution < 1.29 is 13.2 Å². The highest BCUT2D eigenvalue weighted by Gasteiger charge is 2.27. The molecular weight excluding hydrogens is 332 g/mol. The van der Waals surface area contributed by atoms with Gasteiger partial charge in [0.25, 0.3) is 0 Å². The zero-order valence-corrected chi connectivity index (χ0v) is 12.7. The number of halogens is 1. The third kappa shape index (κ3) is 3.34. The van der Waals surface area contributed by atoms with Crippen LogP contribution in [-0.4, -0.2) is 38.3 Å². The number of amides is 1. The lowest BCUT2D eigenvalue weighted by atomic mass is 10.2. The van der Waals surface area contributed by atoms with Gasteiger partial charge in [0.05, 0.1) is 11.4 Å². The van der Waals surface area contributed by atoms with Gasteiger partial charge in [-0.05, 0) is 24.1 Å². The van der Waals surface area contributed by atoms with Crippen LogP contribution >= 0.6 is 15.9 Å². The second kappa shape index (κ2) is 6.02. The Morgan fingerprint density at radius 2 is 1.95 bits per heavy atom. The highest BCUT2D eigenvalue weighted by Crippen LogP contribution is 2.18. The van der Waals surface area contributed by atoms with Crippen LogP contribution in [0.4, 0.5) is 0 Å². The molecule has 1 aromatic carbocycles. The summed E-state index contributed by atoms with van der Waals surface area (Å²) >= 11 is 3.31. The van der Waals surface area contributed by atoms with E-state index in [1.54, 1.807) is 24.3 Å². The highest BCUT2D eigenvalue weighted by atomic mass is 79.9. The lowest BCUT2D eigenvalue weighted by Gasteiger charge is -2.18. The molecule has 1 heterocycles. The van der Waals surface area contributed by atoms with Crippen LogP contribution in [0.25, 0.3) is 0 Å². The summed E-state index contributed by atoms with van der Waals surface area (Å²) in [4.78, 5) is 11.7. The van der Waals surface area contributed by atoms with E-state index >= 15 is 0 Å². The fourth-order valence-electron chi connectivity index (χ4n) is 1.88. The molecule has 1 fully saturated rings. The molecule has 1 saturated heterocycles. The lowest BCUT2D eigenvalue weighted by Crippen LogP contribution is -2.37. The lowest BCUT2D eigenvalue weighted by molar-refractivity contribution is -0.120. The molecule has 5 nitrogen and oxygen atoms in total. The van der Waals surface area contributed by atoms with E-state index in [0.717, 1.165) is 5.56 Å². The zero-order chi connectivity index (χ0) is 13.9. The molecule has 1 amide bonds. The Hall–Kier alpha value is -0.920. The molecule has 0 unspecified atom stereocenters. The third-order valence-corrected chi connectivity index (χ3v) is 5.45. The number of nitrogens with zero attached hydrogens (tertiary/aromatic N) is 1. The standard InChI is InChI=1S/C12H15BrN2O3S/c13-8-10-2-4-11(5-3-10)19(17,18)15-7-1-6-14-12(16)9-15/h2-5H,1,6-9H2,(H,14,16). The minimum Gasteiger partial charge on any atom is -0.355 e. The molecule has 7 heteroatoms. The van der Waals surface area contributed by atoms with Crippen LogP contribution in [0.5, 0.6) is 0 Å². The molecule has 0 spiro atoms. The SMILES string of the molecule is O=C1CN(S(=O)(=O)c2ccc(CBr)cc2)CCCN1. The van der Waals surface area contributed by atoms with Crippen molar-refractivity contribution in [1.29, 1.82) is 0 Å². The van der Waals surface area contributed by atoms with E-state index < -0.39 is 10.0 Å². The van der Waals surface area contributed by atoms with Gasteiger partial charge in [0.1, 0.15) is 0 Å². The van der Waals surface area contributed by atoms with Gasteiger partial charge in [0, 0.05) is 18.4 Å². The van der Waals surface area contributed by atoms with Gasteiger partial charge in [-0.3, -0.25) is 4.79 Å². The van der Waals surface area contributed by atoms with Crippen LogP contribution in [0.15, 0.2) is 29.2 Å². The quantitative estimate of drug-likeness (QED) is 0.833. The Bertz CT molecular complexity index is 557. The summed E-state index contributed by atoms with van der Waals surface area (Å²) in [6.07, 6.45) is 0.629. The van der Waals surface area contributed by atoms with E-state index in [1.807, 2.05) is 0 Å². The molecule has 1 N–H and O–H groups in total. The molecule has 0 aromatic heterocycles. The van der Waals surface area contributed by atoms with E-state index in [-0.39, 0.29) is 17.3 Å². The number of hydrogen-bond donors (Lipinski definition) is 1. The second-order valence-corrected chi connectivity index (χ2v) is 6.82. The maximum absolute atomic E-state index is 12.4. The van der Waals surface area contributed by atoms with Gasteiger partial charge >= 0.3 is 0 Å². The molecule has 0 bridgehead atoms. The summed E-state index contributed by atoms with van der Waals surface area (Å²) in [5.41, 5.74) is 1.01. The van der Waals surface area contributed by atoms with Crippen LogP contribution < -0.4 is 5.32 Å². The Morgan fingerprint density at radius 1 is 1.26 bits per heavy atom. The van der Waals surface area contributed by atoms with Gasteiger partial charge in [-0.1, -0.05) is 28.1 Å². The topological polar surface area (TPSA) is 66.5 Å². The van der Waals surface area contributed by atoms with Crippen molar-refractivity contribution in [2.45, 2.75) is 16.6 Å². The molecule has 0 saturated carbocycles. The highest BCUT2D eigenvalue weighted by molar-refractivity contribution is 9.08. The average Bonchev–Trinajstić information content (AvgIpc) is 2.64. The number of nitrogens with one attached hydrogen (secondary N) is 1. The number of hydrogen-bond acceptors (Lipinski definition) is 3. The maximum Gasteiger partial charge on any atom is 0.243 e. The predicted molar refractivity (Wildman–Crippen MR) is 75.5 cm³/mol. The number of carbonyl (C=O) groups excluding carboxylic acids is 1. The van der Waals surface area contributed by atoms with Crippen LogP contribution in [0.1, 0.15) is 12.0 Å². The van der Waals surface area contributed by atoms with Crippen LogP contribution in [-0.2, 0) is 20.1 Å². The fraction of sp³-hybridized carbons (Fsp3) is 0.417. The maximum atomic E-state index is 12.4. The predicted octanol–water partition coefficient (Wildman–Crippen LogP) is 1.09. The molecule has 19 heavy (non-hydrogen) atoms. The minimum atomic E-state index is -3.59. The largest absolute Gasteiger partial charge is 0.355 e. The summed E-state index contributed by atoms with van der Waals surface area (Å²) in [5.74, 6) is -0.252. The van der Waals surface area contributed by atoms with Crippen molar-refractivity contribution in [3.05, 3.63) is 29.8 Å². The van der Waals surface area contributed by atoms with E-state index in [9.17, 15) is 13.2 Å². The van der Waals surface area contributed by atoms with E-state index in [0.29, 0.717) is 24.8 Å². The Balaban J connectivity index is 2.26. The van der Waals surface area contributed by atoms with Crippen molar-refractivity contribution in [3.63, 3.8) is 0 Å². The summed E-state index contributed by atoms with van der Waals surface area (Å²) in [5, 5.41) is 3.35. The average molecular weight is 347 g/mol. The Morgan fingerprint density at radius 3 is 2.58 bits per heavy atom. The van der Waals surface area contributed by atoms with E-state index in [2.05, 4.69) is 21.2 Å². The molecule has 1 aromatic rings. The number of rotatable bonds is 3. The number of sulfonamides is 1. The van der Waals surface area contributed by atoms with Crippen molar-refractivity contribution in [1.82, 2.24) is 9.62 Å². The first-order chi connectivity index (χ1) is 9.04. The van der Waals surface area contributed by atoms with Gasteiger partial charge in [-0.15, -0.1) is 0 Å². The van der Waals surface area contributed by atoms with E-state index in [4.69, 9.17) is 0 Å². The number of alkyl halides is 1. The van der Waals surface area contributed by atoms with Gasteiger partial charge < -0.3 is 5.32 Å². The van der Waals surface area contributed by atoms with E-state index in [1.165, 1.54) is 4.31 Å². The first-order valence-electron chi connectivity index (χ1n) is 5.96. The zero-order valence-electron chi connectivity index (χ0n) is 10.3. The molecule has 1 aliphatic rings. The minimum absolute atomic E-state index is 0.109. The first-order valence-corrected chi connectivity index (χ1v) is 8.52. The van der Waals surface area contributed by atoms with Crippen LogP contribution in [0.2, 0.25) is 0 Å². The summed E-state index contributed by atoms with van der Waals surface area (Å²) in [7, 11) is -3.59. The molecule has 2 rings (SSSR count). The smallest absolute Gasteiger partial charge is 0.243 e. The van der Waals surface area contributed by atoms with Crippen molar-refractivity contribution in [3.8, 4) is 0 Å². The normalized spacial score (nSPS) is 17.8. The van der Waals surface area contributed by atoms with Crippen LogP contribution in [0.3, 0.4) is 0 Å². The van der Waals surface area contributed by atoms with Gasteiger partial charge in [0.15, 0.2) is 0 Å². The van der Waals surface area contributed by atoms with Crippen molar-refractivity contribution in [2.24, 2.45) is 0 Å². The van der Waals surface area contributed by atoms with Gasteiger partial charge in [0.2, 0.25) is 15.9 Å². The summed E-state index contributed by atoms with van der Waals surface area (Å²) in [6, 6.07) is 6.68. The van der Waals surface area contributed by atoms with Gasteiger partial charge in [-0.2, -0.15) is 4.31 Å². The Labute approximate surface area is 121 Å². The fourth-order valence-corrected chi connectivity index (χ4v) is 3.69. The summed E-state index contributed by atoms with van der Waals surface area (Å²) < 4.78 is 26.1. The number of benzene rings is 1. The van der Waals surface area contributed by atoms with Crippen LogP contribution in [0, 0.1) is 0 Å². The Kier molecular flexibility index (Phi) is 4.59. The molecule has 0 radical (unpaired) electrons. The molecule has 0 atom stereocenters. The number of carbonyl (C=O) groups is 1. The molecular formula is C12H15BrN2O3S. The second-order valence-electron chi connectivity index (χ2n) is 4.32. The molecule has 1 aliphatic heterocycles. The molecule has 104 valence electrons. The van der Waals surface area contributed by atoms with Gasteiger partial charge in [-0.25, -0.2) is 8.42 Å². The monoisotopic (exact) mass is 346 g/mol. The van der Waals surface area contributed by atoms with Crippen molar-refractivity contribution in [2.75, 3.05) is 19.6 Å². The third-order valence-electron chi connectivity index (χ3n) is 2.94.